The van der Waals surface area contributed by atoms with E-state index >= 15 is 0 Å². The molecule has 0 saturated carbocycles. The van der Waals surface area contributed by atoms with Crippen LogP contribution >= 0.6 is 0 Å². The third kappa shape index (κ3) is 11.1. The van der Waals surface area contributed by atoms with Crippen molar-refractivity contribution in [2.75, 3.05) is 13.1 Å². The number of aliphatic carboxylic acids is 1. The van der Waals surface area contributed by atoms with E-state index in [1.54, 1.807) is 0 Å². The van der Waals surface area contributed by atoms with Crippen molar-refractivity contribution in [2.24, 2.45) is 0 Å². The van der Waals surface area contributed by atoms with Gasteiger partial charge in [-0.05, 0) is 13.0 Å². The Bertz CT molecular complexity index is 75.4. The van der Waals surface area contributed by atoms with Crippen LogP contribution in [-0.2, 0) is 4.79 Å². The second kappa shape index (κ2) is 7.39. The van der Waals surface area contributed by atoms with Gasteiger partial charge in [-0.1, -0.05) is 6.92 Å². The maximum Gasteiger partial charge on any atom is 0.317 e. The van der Waals surface area contributed by atoms with Crippen LogP contribution in [0.3, 0.4) is 0 Å². The number of hydrogen-bond acceptors (Lipinski definition) is 3. The molecule has 0 aromatic rings. The van der Waals surface area contributed by atoms with Crippen molar-refractivity contribution in [3.8, 4) is 0 Å². The zero-order valence-corrected chi connectivity index (χ0v) is 5.68. The Morgan fingerprint density at radius 3 is 2.56 bits per heavy atom. The van der Waals surface area contributed by atoms with E-state index in [1.165, 1.54) is 0 Å². The predicted octanol–water partition coefficient (Wildman–Crippen LogP) is 0.233. The molecule has 4 nitrogen and oxygen atoms in total. The van der Waals surface area contributed by atoms with E-state index in [-0.39, 0.29) is 12.7 Å². The first-order chi connectivity index (χ1) is 3.77. The molecule has 0 radical (unpaired) electrons. The summed E-state index contributed by atoms with van der Waals surface area (Å²) in [4.78, 5) is 9.81. The van der Waals surface area contributed by atoms with Gasteiger partial charge in [0.2, 0.25) is 0 Å². The molecular weight excluding hydrogens is 120 g/mol. The average Bonchev–Trinajstić information content (AvgIpc) is 1.66. The van der Waals surface area contributed by atoms with Gasteiger partial charge < -0.3 is 16.6 Å². The van der Waals surface area contributed by atoms with Crippen molar-refractivity contribution in [1.29, 1.82) is 0 Å². The predicted molar refractivity (Wildman–Crippen MR) is 35.8 cm³/mol. The standard InChI is InChI=1S/C5H11NO2.H3N/c1-2-3-6-4-5(7)8;/h6H,2-4H2,1H3,(H,7,8);1H3. The Labute approximate surface area is 54.8 Å². The van der Waals surface area contributed by atoms with E-state index in [1.807, 2.05) is 6.92 Å². The van der Waals surface area contributed by atoms with Crippen LogP contribution in [0.5, 0.6) is 0 Å². The lowest BCUT2D eigenvalue weighted by Gasteiger charge is -1.94. The minimum Gasteiger partial charge on any atom is -0.480 e. The fraction of sp³-hybridized carbons (Fsp3) is 0.800. The molecule has 0 unspecified atom stereocenters. The molecule has 0 fully saturated rings. The Morgan fingerprint density at radius 2 is 2.22 bits per heavy atom. The molecule has 9 heavy (non-hydrogen) atoms. The maximum atomic E-state index is 9.81. The number of rotatable bonds is 4. The summed E-state index contributed by atoms with van der Waals surface area (Å²) in [6.07, 6.45) is 0.979. The maximum absolute atomic E-state index is 9.81. The summed E-state index contributed by atoms with van der Waals surface area (Å²) in [5.41, 5.74) is 0. The van der Waals surface area contributed by atoms with Gasteiger partial charge in [-0.15, -0.1) is 0 Å². The summed E-state index contributed by atoms with van der Waals surface area (Å²) in [6.45, 7) is 2.86. The van der Waals surface area contributed by atoms with Gasteiger partial charge in [0.1, 0.15) is 0 Å². The molecule has 0 heterocycles. The number of carboxylic acids is 1. The van der Waals surface area contributed by atoms with E-state index in [0.29, 0.717) is 0 Å². The normalized spacial score (nSPS) is 8.11. The van der Waals surface area contributed by atoms with Gasteiger partial charge in [0.25, 0.3) is 0 Å². The van der Waals surface area contributed by atoms with Crippen molar-refractivity contribution in [2.45, 2.75) is 13.3 Å². The SMILES string of the molecule is CCCNCC(=O)O.N. The third-order valence-corrected chi connectivity index (χ3v) is 0.703. The number of hydrogen-bond donors (Lipinski definition) is 3. The van der Waals surface area contributed by atoms with Gasteiger partial charge in [-0.2, -0.15) is 0 Å². The summed E-state index contributed by atoms with van der Waals surface area (Å²) >= 11 is 0. The summed E-state index contributed by atoms with van der Waals surface area (Å²) in [5.74, 6) is -0.793. The molecule has 0 aliphatic carbocycles. The molecule has 0 rings (SSSR count). The number of nitrogens with one attached hydrogen (secondary N) is 1. The number of carboxylic acid groups (broad SMARTS) is 1. The molecule has 0 saturated heterocycles. The second-order valence-corrected chi connectivity index (χ2v) is 1.57. The summed E-state index contributed by atoms with van der Waals surface area (Å²) < 4.78 is 0. The van der Waals surface area contributed by atoms with E-state index in [2.05, 4.69) is 5.32 Å². The van der Waals surface area contributed by atoms with Crippen LogP contribution in [0.2, 0.25) is 0 Å². The molecule has 5 N–H and O–H groups in total. The topological polar surface area (TPSA) is 84.3 Å². The van der Waals surface area contributed by atoms with E-state index in [4.69, 9.17) is 5.11 Å². The molecule has 56 valence electrons. The van der Waals surface area contributed by atoms with Crippen molar-refractivity contribution < 1.29 is 9.90 Å². The van der Waals surface area contributed by atoms with Crippen LogP contribution in [0, 0.1) is 0 Å². The quantitative estimate of drug-likeness (QED) is 0.480. The van der Waals surface area contributed by atoms with Gasteiger partial charge in [-0.25, -0.2) is 0 Å². The lowest BCUT2D eigenvalue weighted by Crippen LogP contribution is -2.22. The fourth-order valence-electron chi connectivity index (χ4n) is 0.372. The van der Waals surface area contributed by atoms with Gasteiger partial charge >= 0.3 is 5.97 Å². The Balaban J connectivity index is 0. The molecule has 0 atom stereocenters. The largest absolute Gasteiger partial charge is 0.480 e. The van der Waals surface area contributed by atoms with Gasteiger partial charge in [0.05, 0.1) is 6.54 Å². The monoisotopic (exact) mass is 134 g/mol. The zero-order chi connectivity index (χ0) is 6.41. The Kier molecular flexibility index (Phi) is 9.21. The third-order valence-electron chi connectivity index (χ3n) is 0.703. The fourth-order valence-corrected chi connectivity index (χ4v) is 0.372. The minimum atomic E-state index is -0.793. The van der Waals surface area contributed by atoms with Crippen LogP contribution in [-0.4, -0.2) is 24.2 Å². The highest BCUT2D eigenvalue weighted by atomic mass is 16.4. The molecule has 0 aromatic carbocycles. The highest BCUT2D eigenvalue weighted by Gasteiger charge is 1.90. The lowest BCUT2D eigenvalue weighted by atomic mass is 10.5. The first-order valence-electron chi connectivity index (χ1n) is 2.70. The molecule has 4 heteroatoms. The molecule has 0 amide bonds. The first-order valence-corrected chi connectivity index (χ1v) is 2.70. The van der Waals surface area contributed by atoms with Crippen LogP contribution in [0.4, 0.5) is 0 Å². The Morgan fingerprint density at radius 1 is 1.67 bits per heavy atom. The molecule has 0 aliphatic heterocycles. The van der Waals surface area contributed by atoms with E-state index in [0.717, 1.165) is 13.0 Å². The molecule has 0 bridgehead atoms. The van der Waals surface area contributed by atoms with Gasteiger partial charge in [0.15, 0.2) is 0 Å². The smallest absolute Gasteiger partial charge is 0.317 e. The summed E-state index contributed by atoms with van der Waals surface area (Å²) in [5, 5.41) is 10.8. The van der Waals surface area contributed by atoms with Gasteiger partial charge in [0, 0.05) is 0 Å². The molecule has 0 spiro atoms. The summed E-state index contributed by atoms with van der Waals surface area (Å²) in [6, 6.07) is 0. The van der Waals surface area contributed by atoms with Crippen molar-refractivity contribution in [1.82, 2.24) is 11.5 Å². The van der Waals surface area contributed by atoms with Crippen molar-refractivity contribution in [3.05, 3.63) is 0 Å². The first kappa shape index (κ1) is 11.2. The van der Waals surface area contributed by atoms with E-state index in [9.17, 15) is 4.79 Å². The second-order valence-electron chi connectivity index (χ2n) is 1.57. The summed E-state index contributed by atoms with van der Waals surface area (Å²) in [7, 11) is 0. The number of carbonyl (C=O) groups is 1. The average molecular weight is 134 g/mol. The molecular formula is C5H14N2O2. The molecule has 0 aromatic heterocycles. The van der Waals surface area contributed by atoms with Crippen LogP contribution in [0.15, 0.2) is 0 Å². The van der Waals surface area contributed by atoms with Crippen LogP contribution in [0.1, 0.15) is 13.3 Å². The van der Waals surface area contributed by atoms with Crippen LogP contribution in [0.25, 0.3) is 0 Å². The van der Waals surface area contributed by atoms with Crippen molar-refractivity contribution in [3.63, 3.8) is 0 Å². The molecule has 0 aliphatic rings. The van der Waals surface area contributed by atoms with Crippen LogP contribution < -0.4 is 11.5 Å². The van der Waals surface area contributed by atoms with Crippen molar-refractivity contribution >= 4 is 5.97 Å². The highest BCUT2D eigenvalue weighted by Crippen LogP contribution is 1.67. The Hall–Kier alpha value is -0.610. The van der Waals surface area contributed by atoms with E-state index < -0.39 is 5.97 Å². The van der Waals surface area contributed by atoms with Gasteiger partial charge in [-0.3, -0.25) is 4.79 Å². The zero-order valence-electron chi connectivity index (χ0n) is 5.68. The highest BCUT2D eigenvalue weighted by molar-refractivity contribution is 5.68. The minimum absolute atomic E-state index is 0. The lowest BCUT2D eigenvalue weighted by molar-refractivity contribution is -0.135.